The van der Waals surface area contributed by atoms with E-state index in [0.717, 1.165) is 66.6 Å². The van der Waals surface area contributed by atoms with Gasteiger partial charge < -0.3 is 18.6 Å². The van der Waals surface area contributed by atoms with Crippen LogP contribution in [-0.2, 0) is 0 Å². The number of rotatable bonds is 8. The highest BCUT2D eigenvalue weighted by molar-refractivity contribution is 6.30. The second-order valence-electron chi connectivity index (χ2n) is 21.6. The molecule has 4 heteroatoms. The number of anilines is 6. The summed E-state index contributed by atoms with van der Waals surface area (Å²) in [5.41, 5.74) is 21.2. The van der Waals surface area contributed by atoms with Crippen LogP contribution >= 0.6 is 0 Å². The van der Waals surface area contributed by atoms with Crippen molar-refractivity contribution in [1.82, 2.24) is 0 Å². The van der Waals surface area contributed by atoms with Crippen molar-refractivity contribution in [1.29, 1.82) is 0 Å². The lowest BCUT2D eigenvalue weighted by Gasteiger charge is -2.32. The molecular formula is C68H60N2O2. The van der Waals surface area contributed by atoms with Crippen LogP contribution in [-0.4, -0.2) is 0 Å². The number of furan rings is 2. The maximum atomic E-state index is 6.96. The van der Waals surface area contributed by atoms with Gasteiger partial charge in [-0.3, -0.25) is 0 Å². The minimum Gasteiger partial charge on any atom is -0.454 e. The molecule has 4 nitrogen and oxygen atoms in total. The minimum atomic E-state index is 0.466. The van der Waals surface area contributed by atoms with Gasteiger partial charge in [-0.15, -0.1) is 0 Å². The second-order valence-corrected chi connectivity index (χ2v) is 21.6. The molecule has 2 fully saturated rings. The number of nitrogens with zero attached hydrogens (tertiary/aromatic N) is 2. The van der Waals surface area contributed by atoms with Gasteiger partial charge in [0.15, 0.2) is 11.2 Å². The molecule has 0 N–H and O–H groups in total. The minimum absolute atomic E-state index is 0.466. The smallest absolute Gasteiger partial charge is 0.159 e. The highest BCUT2D eigenvalue weighted by atomic mass is 16.3. The molecule has 72 heavy (non-hydrogen) atoms. The van der Waals surface area contributed by atoms with Gasteiger partial charge >= 0.3 is 0 Å². The zero-order valence-corrected chi connectivity index (χ0v) is 42.4. The number of hydrogen-bond donors (Lipinski definition) is 0. The van der Waals surface area contributed by atoms with E-state index in [9.17, 15) is 0 Å². The number of fused-ring (bicyclic) bond motifs is 6. The molecule has 0 aliphatic heterocycles. The monoisotopic (exact) mass is 936 g/mol. The molecule has 2 saturated carbocycles. The maximum Gasteiger partial charge on any atom is 0.159 e. The van der Waals surface area contributed by atoms with Crippen molar-refractivity contribution in [2.45, 2.75) is 105 Å². The Morgan fingerprint density at radius 3 is 1.11 bits per heavy atom. The van der Waals surface area contributed by atoms with E-state index in [-0.39, 0.29) is 0 Å². The van der Waals surface area contributed by atoms with Crippen molar-refractivity contribution >= 4 is 110 Å². The fourth-order valence-corrected chi connectivity index (χ4v) is 13.4. The summed E-state index contributed by atoms with van der Waals surface area (Å²) in [5, 5.41) is 12.6. The Labute approximate surface area is 421 Å². The van der Waals surface area contributed by atoms with Crippen molar-refractivity contribution in [2.24, 2.45) is 0 Å². The maximum absolute atomic E-state index is 6.96. The van der Waals surface area contributed by atoms with Crippen LogP contribution in [0.3, 0.4) is 0 Å². The van der Waals surface area contributed by atoms with Gasteiger partial charge in [0, 0.05) is 43.7 Å². The Morgan fingerprint density at radius 1 is 0.347 bits per heavy atom. The number of hydrogen-bond acceptors (Lipinski definition) is 4. The molecule has 0 saturated heterocycles. The zero-order valence-electron chi connectivity index (χ0n) is 42.4. The molecule has 0 amide bonds. The van der Waals surface area contributed by atoms with Crippen molar-refractivity contribution in [2.75, 3.05) is 9.80 Å². The Kier molecular flexibility index (Phi) is 9.91. The van der Waals surface area contributed by atoms with Crippen LogP contribution in [0.2, 0.25) is 0 Å². The molecule has 10 aromatic carbocycles. The fraction of sp³-hybridized carbons (Fsp3) is 0.235. The molecule has 2 aromatic heterocycles. The molecule has 0 bridgehead atoms. The lowest BCUT2D eigenvalue weighted by molar-refractivity contribution is 0.668. The van der Waals surface area contributed by atoms with Crippen LogP contribution in [0.25, 0.3) is 76.2 Å². The summed E-state index contributed by atoms with van der Waals surface area (Å²) in [6.07, 6.45) is 9.83. The number of aryl methyl sites for hydroxylation is 4. The van der Waals surface area contributed by atoms with Crippen LogP contribution in [0.1, 0.15) is 108 Å². The molecule has 0 radical (unpaired) electrons. The lowest BCUT2D eigenvalue weighted by Crippen LogP contribution is -2.14. The standard InChI is InChI=1S/C68H60N2O2/c1-39-33-47(34-40(2)43(39)5)69(59-25-15-23-53-49-21-11-13-27-63(49)71-67(53)59)61-37-57(45-17-7-8-18-45)51-30-32-56-62(38-58(46-19-9-10-20-46)52-29-31-55(61)65(51)66(52)56)70(48-35-41(3)44(6)42(4)36-48)60-26-16-24-54-50-22-12-14-28-64(50)72-68(54)60/h11-16,21-38,45-46H,7-10,17-20H2,1-6H3. The average Bonchev–Trinajstić information content (AvgIpc) is 4.25. The van der Waals surface area contributed by atoms with E-state index >= 15 is 0 Å². The molecule has 354 valence electrons. The zero-order chi connectivity index (χ0) is 48.5. The Morgan fingerprint density at radius 2 is 0.708 bits per heavy atom. The third-order valence-corrected chi connectivity index (χ3v) is 17.6. The van der Waals surface area contributed by atoms with Crippen molar-refractivity contribution in [3.63, 3.8) is 0 Å². The van der Waals surface area contributed by atoms with E-state index in [4.69, 9.17) is 8.83 Å². The SMILES string of the molecule is Cc1cc(N(c2cc(C3CCCC3)c3ccc4c(N(c5cc(C)c(C)c(C)c5)c5cccc6c5oc5ccccc56)cc(C5CCCC5)c5ccc2c3c54)c2cccc3c2oc2ccccc23)cc(C)c1C. The summed E-state index contributed by atoms with van der Waals surface area (Å²) in [6, 6.07) is 55.2. The van der Waals surface area contributed by atoms with Gasteiger partial charge in [0.1, 0.15) is 11.2 Å². The first-order valence-electron chi connectivity index (χ1n) is 26.5. The van der Waals surface area contributed by atoms with Gasteiger partial charge in [0.05, 0.1) is 22.7 Å². The lowest BCUT2D eigenvalue weighted by atomic mass is 9.82. The quantitative estimate of drug-likeness (QED) is 0.142. The largest absolute Gasteiger partial charge is 0.454 e. The van der Waals surface area contributed by atoms with Crippen LogP contribution in [0, 0.1) is 41.5 Å². The van der Waals surface area contributed by atoms with Gasteiger partial charge in [-0.05, 0) is 206 Å². The third-order valence-electron chi connectivity index (χ3n) is 17.6. The molecule has 14 rings (SSSR count). The number of para-hydroxylation sites is 4. The Bertz CT molecular complexity index is 3840. The van der Waals surface area contributed by atoms with Gasteiger partial charge in [-0.25, -0.2) is 0 Å². The predicted molar refractivity (Wildman–Crippen MR) is 305 cm³/mol. The predicted octanol–water partition coefficient (Wildman–Crippen LogP) is 20.5. The van der Waals surface area contributed by atoms with E-state index in [1.54, 1.807) is 0 Å². The molecular weight excluding hydrogens is 877 g/mol. The topological polar surface area (TPSA) is 32.8 Å². The van der Waals surface area contributed by atoms with Crippen LogP contribution in [0.15, 0.2) is 154 Å². The van der Waals surface area contributed by atoms with E-state index < -0.39 is 0 Å². The van der Waals surface area contributed by atoms with Crippen LogP contribution in [0.4, 0.5) is 34.1 Å². The van der Waals surface area contributed by atoms with Crippen LogP contribution in [0.5, 0.6) is 0 Å². The van der Waals surface area contributed by atoms with Crippen molar-refractivity contribution in [3.8, 4) is 0 Å². The normalized spacial score (nSPS) is 14.8. The molecule has 0 spiro atoms. The second kappa shape index (κ2) is 16.5. The van der Waals surface area contributed by atoms with Gasteiger partial charge in [-0.2, -0.15) is 0 Å². The molecule has 12 aromatic rings. The van der Waals surface area contributed by atoms with Crippen molar-refractivity contribution < 1.29 is 8.83 Å². The summed E-state index contributed by atoms with van der Waals surface area (Å²) < 4.78 is 13.9. The third kappa shape index (κ3) is 6.50. The molecule has 2 aliphatic rings. The molecule has 2 heterocycles. The Balaban J connectivity index is 1.13. The van der Waals surface area contributed by atoms with Gasteiger partial charge in [-0.1, -0.05) is 111 Å². The summed E-state index contributed by atoms with van der Waals surface area (Å²) in [4.78, 5) is 5.11. The first-order valence-corrected chi connectivity index (χ1v) is 26.5. The Hall–Kier alpha value is -7.56. The molecule has 0 atom stereocenters. The fourth-order valence-electron chi connectivity index (χ4n) is 13.4. The van der Waals surface area contributed by atoms with E-state index in [1.165, 1.54) is 140 Å². The first kappa shape index (κ1) is 43.2. The first-order chi connectivity index (χ1) is 35.2. The molecule has 0 unspecified atom stereocenters. The van der Waals surface area contributed by atoms with Gasteiger partial charge in [0.2, 0.25) is 0 Å². The van der Waals surface area contributed by atoms with Gasteiger partial charge in [0.25, 0.3) is 0 Å². The van der Waals surface area contributed by atoms with Crippen LogP contribution < -0.4 is 9.80 Å². The summed E-state index contributed by atoms with van der Waals surface area (Å²) >= 11 is 0. The highest BCUT2D eigenvalue weighted by Gasteiger charge is 2.32. The summed E-state index contributed by atoms with van der Waals surface area (Å²) in [5.74, 6) is 0.932. The average molecular weight is 937 g/mol. The van der Waals surface area contributed by atoms with Crippen molar-refractivity contribution in [3.05, 3.63) is 190 Å². The summed E-state index contributed by atoms with van der Waals surface area (Å²) in [7, 11) is 0. The van der Waals surface area contributed by atoms with E-state index in [1.807, 2.05) is 0 Å². The van der Waals surface area contributed by atoms with E-state index in [2.05, 4.69) is 197 Å². The molecule has 2 aliphatic carbocycles. The highest BCUT2D eigenvalue weighted by Crippen LogP contribution is 2.55. The van der Waals surface area contributed by atoms with E-state index in [0.29, 0.717) is 11.8 Å². The summed E-state index contributed by atoms with van der Waals surface area (Å²) in [6.45, 7) is 13.6. The number of benzene rings is 10.